The van der Waals surface area contributed by atoms with Crippen LogP contribution in [0.15, 0.2) is 53.6 Å². The van der Waals surface area contributed by atoms with Crippen molar-refractivity contribution in [3.63, 3.8) is 0 Å². The van der Waals surface area contributed by atoms with Crippen molar-refractivity contribution in [2.24, 2.45) is 0 Å². The molecule has 3 heteroatoms. The third-order valence-electron chi connectivity index (χ3n) is 2.15. The van der Waals surface area contributed by atoms with Crippen LogP contribution in [0.4, 0.5) is 0 Å². The molecule has 0 fully saturated rings. The predicted octanol–water partition coefficient (Wildman–Crippen LogP) is 3.38. The summed E-state index contributed by atoms with van der Waals surface area (Å²) in [6.07, 6.45) is 3.83. The summed E-state index contributed by atoms with van der Waals surface area (Å²) in [6, 6.07) is 13.9. The fourth-order valence-electron chi connectivity index (χ4n) is 1.33. The van der Waals surface area contributed by atoms with Gasteiger partial charge in [0.2, 0.25) is 0 Å². The van der Waals surface area contributed by atoms with Crippen molar-refractivity contribution in [2.45, 2.75) is 11.5 Å². The van der Waals surface area contributed by atoms with E-state index in [1.165, 1.54) is 4.90 Å². The molecule has 0 aliphatic carbocycles. The van der Waals surface area contributed by atoms with Crippen molar-refractivity contribution in [2.75, 3.05) is 6.26 Å². The summed E-state index contributed by atoms with van der Waals surface area (Å²) in [5, 5.41) is 0. The van der Waals surface area contributed by atoms with Gasteiger partial charge in [0.1, 0.15) is 12.4 Å². The molecule has 0 amide bonds. The van der Waals surface area contributed by atoms with Crippen molar-refractivity contribution in [3.8, 4) is 5.75 Å². The van der Waals surface area contributed by atoms with E-state index in [1.807, 2.05) is 36.4 Å². The van der Waals surface area contributed by atoms with E-state index in [-0.39, 0.29) is 0 Å². The topological polar surface area (TPSA) is 22.1 Å². The molecule has 82 valence electrons. The second-order valence-electron chi connectivity index (χ2n) is 3.29. The Morgan fingerprint density at radius 2 is 2.12 bits per heavy atom. The fourth-order valence-corrected chi connectivity index (χ4v) is 1.78. The number of ether oxygens (including phenoxy) is 1. The molecule has 0 unspecified atom stereocenters. The summed E-state index contributed by atoms with van der Waals surface area (Å²) in [7, 11) is 0. The molecule has 0 N–H and O–H groups in total. The van der Waals surface area contributed by atoms with Crippen LogP contribution < -0.4 is 4.74 Å². The minimum Gasteiger partial charge on any atom is -0.487 e. The Labute approximate surface area is 99.7 Å². The van der Waals surface area contributed by atoms with Gasteiger partial charge in [-0.3, -0.25) is 4.98 Å². The molecule has 0 aliphatic heterocycles. The van der Waals surface area contributed by atoms with E-state index < -0.39 is 0 Å². The number of aromatic nitrogens is 1. The maximum Gasteiger partial charge on any atom is 0.130 e. The van der Waals surface area contributed by atoms with Gasteiger partial charge in [-0.1, -0.05) is 12.1 Å². The molecule has 0 radical (unpaired) electrons. The lowest BCUT2D eigenvalue weighted by Gasteiger charge is -2.06. The molecule has 2 nitrogen and oxygen atoms in total. The van der Waals surface area contributed by atoms with E-state index >= 15 is 0 Å². The average molecular weight is 231 g/mol. The lowest BCUT2D eigenvalue weighted by atomic mass is 10.3. The van der Waals surface area contributed by atoms with Crippen molar-refractivity contribution in [1.29, 1.82) is 0 Å². The first-order valence-corrected chi connectivity index (χ1v) is 6.28. The summed E-state index contributed by atoms with van der Waals surface area (Å²) in [5.74, 6) is 0.887. The SMILES string of the molecule is CSc1cccc(OCc2ccccn2)c1. The third-order valence-corrected chi connectivity index (χ3v) is 2.88. The van der Waals surface area contributed by atoms with Gasteiger partial charge < -0.3 is 4.74 Å². The van der Waals surface area contributed by atoms with Gasteiger partial charge in [0, 0.05) is 11.1 Å². The molecular weight excluding hydrogens is 218 g/mol. The van der Waals surface area contributed by atoms with E-state index in [0.29, 0.717) is 6.61 Å². The first-order chi connectivity index (χ1) is 7.88. The summed E-state index contributed by atoms with van der Waals surface area (Å²) in [6.45, 7) is 0.513. The zero-order valence-electron chi connectivity index (χ0n) is 9.09. The van der Waals surface area contributed by atoms with E-state index in [9.17, 15) is 0 Å². The van der Waals surface area contributed by atoms with E-state index in [4.69, 9.17) is 4.74 Å². The number of hydrogen-bond donors (Lipinski definition) is 0. The highest BCUT2D eigenvalue weighted by Gasteiger charge is 1.97. The molecule has 2 aromatic rings. The van der Waals surface area contributed by atoms with Gasteiger partial charge in [0.25, 0.3) is 0 Å². The van der Waals surface area contributed by atoms with Gasteiger partial charge in [0.15, 0.2) is 0 Å². The predicted molar refractivity (Wildman–Crippen MR) is 66.8 cm³/mol. The number of benzene rings is 1. The van der Waals surface area contributed by atoms with Gasteiger partial charge in [-0.15, -0.1) is 11.8 Å². The van der Waals surface area contributed by atoms with Crippen molar-refractivity contribution in [3.05, 3.63) is 54.4 Å². The normalized spacial score (nSPS) is 10.1. The number of thioether (sulfide) groups is 1. The van der Waals surface area contributed by atoms with Crippen molar-refractivity contribution < 1.29 is 4.74 Å². The molecule has 1 heterocycles. The number of hydrogen-bond acceptors (Lipinski definition) is 3. The van der Waals surface area contributed by atoms with Gasteiger partial charge in [-0.05, 0) is 36.6 Å². The lowest BCUT2D eigenvalue weighted by Crippen LogP contribution is -1.97. The highest BCUT2D eigenvalue weighted by molar-refractivity contribution is 7.98. The first kappa shape index (κ1) is 11.0. The second kappa shape index (κ2) is 5.56. The lowest BCUT2D eigenvalue weighted by molar-refractivity contribution is 0.300. The van der Waals surface area contributed by atoms with Crippen LogP contribution in [-0.4, -0.2) is 11.2 Å². The van der Waals surface area contributed by atoms with Crippen LogP contribution in [0.1, 0.15) is 5.69 Å². The molecule has 0 bridgehead atoms. The van der Waals surface area contributed by atoms with Crippen LogP contribution in [0, 0.1) is 0 Å². The summed E-state index contributed by atoms with van der Waals surface area (Å²) >= 11 is 1.71. The molecule has 0 saturated carbocycles. The second-order valence-corrected chi connectivity index (χ2v) is 4.17. The van der Waals surface area contributed by atoms with Crippen LogP contribution >= 0.6 is 11.8 Å². The van der Waals surface area contributed by atoms with Gasteiger partial charge >= 0.3 is 0 Å². The van der Waals surface area contributed by atoms with Gasteiger partial charge in [0.05, 0.1) is 5.69 Å². The molecule has 16 heavy (non-hydrogen) atoms. The smallest absolute Gasteiger partial charge is 0.130 e. The quantitative estimate of drug-likeness (QED) is 0.753. The number of nitrogens with zero attached hydrogens (tertiary/aromatic N) is 1. The van der Waals surface area contributed by atoms with Crippen LogP contribution in [0.2, 0.25) is 0 Å². The minimum absolute atomic E-state index is 0.513. The van der Waals surface area contributed by atoms with Crippen LogP contribution in [0.25, 0.3) is 0 Å². The van der Waals surface area contributed by atoms with Crippen LogP contribution in [0.5, 0.6) is 5.75 Å². The monoisotopic (exact) mass is 231 g/mol. The Bertz CT molecular complexity index is 445. The zero-order valence-corrected chi connectivity index (χ0v) is 9.91. The largest absolute Gasteiger partial charge is 0.487 e. The summed E-state index contributed by atoms with van der Waals surface area (Å²) < 4.78 is 5.66. The van der Waals surface area contributed by atoms with E-state index in [2.05, 4.69) is 17.3 Å². The molecule has 0 spiro atoms. The summed E-state index contributed by atoms with van der Waals surface area (Å²) in [4.78, 5) is 5.41. The Morgan fingerprint density at radius 1 is 1.19 bits per heavy atom. The Balaban J connectivity index is 1.99. The van der Waals surface area contributed by atoms with Crippen molar-refractivity contribution >= 4 is 11.8 Å². The molecule has 0 aliphatic rings. The molecule has 2 rings (SSSR count). The first-order valence-electron chi connectivity index (χ1n) is 5.05. The Morgan fingerprint density at radius 3 is 2.88 bits per heavy atom. The van der Waals surface area contributed by atoms with Gasteiger partial charge in [-0.2, -0.15) is 0 Å². The fraction of sp³-hybridized carbons (Fsp3) is 0.154. The maximum atomic E-state index is 5.66. The van der Waals surface area contributed by atoms with Crippen molar-refractivity contribution in [1.82, 2.24) is 4.98 Å². The minimum atomic E-state index is 0.513. The number of pyridine rings is 1. The molecule has 0 atom stereocenters. The summed E-state index contributed by atoms with van der Waals surface area (Å²) in [5.41, 5.74) is 0.942. The van der Waals surface area contributed by atoms with E-state index in [0.717, 1.165) is 11.4 Å². The molecule has 1 aromatic carbocycles. The highest BCUT2D eigenvalue weighted by Crippen LogP contribution is 2.21. The maximum absolute atomic E-state index is 5.66. The molecular formula is C13H13NOS. The highest BCUT2D eigenvalue weighted by atomic mass is 32.2. The Hall–Kier alpha value is -1.48. The molecule has 0 saturated heterocycles. The third kappa shape index (κ3) is 3.00. The standard InChI is InChI=1S/C13H13NOS/c1-16-13-7-4-6-12(9-13)15-10-11-5-2-3-8-14-11/h2-9H,10H2,1H3. The van der Waals surface area contributed by atoms with Gasteiger partial charge in [-0.25, -0.2) is 0 Å². The average Bonchev–Trinajstić information content (AvgIpc) is 2.38. The number of rotatable bonds is 4. The Kier molecular flexibility index (Phi) is 3.83. The molecule has 1 aromatic heterocycles. The zero-order chi connectivity index (χ0) is 11.2. The van der Waals surface area contributed by atoms with E-state index in [1.54, 1.807) is 18.0 Å². The van der Waals surface area contributed by atoms with Crippen LogP contribution in [-0.2, 0) is 6.61 Å². The van der Waals surface area contributed by atoms with Crippen LogP contribution in [0.3, 0.4) is 0 Å².